The molecule has 1 aliphatic rings. The Morgan fingerprint density at radius 2 is 1.77 bits per heavy atom. The number of benzene rings is 2. The second kappa shape index (κ2) is 9.47. The minimum absolute atomic E-state index is 0.0185. The molecule has 0 atom stereocenters. The summed E-state index contributed by atoms with van der Waals surface area (Å²) in [5, 5.41) is 19.6. The van der Waals surface area contributed by atoms with E-state index in [0.29, 0.717) is 48.7 Å². The van der Waals surface area contributed by atoms with Gasteiger partial charge in [-0.2, -0.15) is 5.26 Å². The molecule has 7 heteroatoms. The van der Waals surface area contributed by atoms with Gasteiger partial charge in [-0.1, -0.05) is 30.3 Å². The summed E-state index contributed by atoms with van der Waals surface area (Å²) in [5.41, 5.74) is 2.74. The topological polar surface area (TPSA) is 84.6 Å². The molecule has 30 heavy (non-hydrogen) atoms. The molecule has 0 radical (unpaired) electrons. The van der Waals surface area contributed by atoms with E-state index in [9.17, 15) is 14.7 Å². The summed E-state index contributed by atoms with van der Waals surface area (Å²) in [5.74, 6) is -0.0925. The minimum atomic E-state index is -0.122. The van der Waals surface area contributed by atoms with Crippen molar-refractivity contribution in [3.8, 4) is 22.9 Å². The molecule has 0 spiro atoms. The Morgan fingerprint density at radius 1 is 1.13 bits per heavy atom. The van der Waals surface area contributed by atoms with Crippen molar-refractivity contribution >= 4 is 23.4 Å². The number of aromatic hydroxyl groups is 1. The Kier molecular flexibility index (Phi) is 6.76. The van der Waals surface area contributed by atoms with Crippen LogP contribution in [0.15, 0.2) is 49.1 Å². The zero-order valence-electron chi connectivity index (χ0n) is 16.5. The second-order valence-corrected chi connectivity index (χ2v) is 7.47. The van der Waals surface area contributed by atoms with E-state index >= 15 is 0 Å². The maximum absolute atomic E-state index is 12.6. The van der Waals surface area contributed by atoms with Crippen LogP contribution < -0.4 is 0 Å². The molecule has 0 bridgehead atoms. The maximum Gasteiger partial charge on any atom is 0.246 e. The highest BCUT2D eigenvalue weighted by Crippen LogP contribution is 2.34. The summed E-state index contributed by atoms with van der Waals surface area (Å²) in [6, 6.07) is 12.4. The van der Waals surface area contributed by atoms with Gasteiger partial charge in [-0.25, -0.2) is 0 Å². The van der Waals surface area contributed by atoms with Crippen molar-refractivity contribution in [1.29, 1.82) is 5.26 Å². The Balaban J connectivity index is 1.66. The molecule has 2 aromatic carbocycles. The van der Waals surface area contributed by atoms with Gasteiger partial charge in [0.15, 0.2) is 0 Å². The first-order valence-corrected chi connectivity index (χ1v) is 10.0. The number of hydrogen-bond acceptors (Lipinski definition) is 4. The number of carbonyl (C=O) groups is 2. The van der Waals surface area contributed by atoms with Crippen LogP contribution in [0, 0.1) is 11.3 Å². The average Bonchev–Trinajstić information content (AvgIpc) is 2.78. The SMILES string of the molecule is C=CC(=O)N1CCN(C(=O)CCc2cc(-c3ccc(C#N)cc3)c(Cl)cc2O)CC1. The Labute approximate surface area is 180 Å². The number of piperazine rings is 1. The summed E-state index contributed by atoms with van der Waals surface area (Å²) in [7, 11) is 0. The smallest absolute Gasteiger partial charge is 0.246 e. The van der Waals surface area contributed by atoms with Crippen LogP contribution in [0.5, 0.6) is 5.75 Å². The van der Waals surface area contributed by atoms with Crippen LogP contribution in [0.25, 0.3) is 11.1 Å². The molecule has 3 rings (SSSR count). The first-order chi connectivity index (χ1) is 14.4. The molecule has 0 saturated carbocycles. The lowest BCUT2D eigenvalue weighted by atomic mass is 9.99. The lowest BCUT2D eigenvalue weighted by Gasteiger charge is -2.34. The quantitative estimate of drug-likeness (QED) is 0.747. The molecule has 1 aliphatic heterocycles. The highest BCUT2D eigenvalue weighted by molar-refractivity contribution is 6.33. The molecule has 154 valence electrons. The monoisotopic (exact) mass is 423 g/mol. The van der Waals surface area contributed by atoms with Crippen molar-refractivity contribution in [3.63, 3.8) is 0 Å². The largest absolute Gasteiger partial charge is 0.508 e. The molecule has 1 saturated heterocycles. The zero-order valence-corrected chi connectivity index (χ0v) is 17.2. The van der Waals surface area contributed by atoms with Crippen LogP contribution in [0.1, 0.15) is 17.5 Å². The molecule has 0 unspecified atom stereocenters. The van der Waals surface area contributed by atoms with Gasteiger partial charge in [-0.3, -0.25) is 9.59 Å². The van der Waals surface area contributed by atoms with E-state index in [1.165, 1.54) is 12.1 Å². The first-order valence-electron chi connectivity index (χ1n) is 9.64. The van der Waals surface area contributed by atoms with Crippen molar-refractivity contribution in [3.05, 3.63) is 65.2 Å². The van der Waals surface area contributed by atoms with Gasteiger partial charge in [-0.05, 0) is 47.9 Å². The molecular formula is C23H22ClN3O3. The number of carbonyl (C=O) groups excluding carboxylic acids is 2. The predicted molar refractivity (Wildman–Crippen MR) is 115 cm³/mol. The zero-order chi connectivity index (χ0) is 21.7. The fourth-order valence-corrected chi connectivity index (χ4v) is 3.73. The third-order valence-electron chi connectivity index (χ3n) is 5.22. The number of rotatable bonds is 5. The molecular weight excluding hydrogens is 402 g/mol. The second-order valence-electron chi connectivity index (χ2n) is 7.06. The number of nitrogens with zero attached hydrogens (tertiary/aromatic N) is 3. The standard InChI is InChI=1S/C23H22ClN3O3/c1-2-22(29)26-9-11-27(12-10-26)23(30)8-7-18-13-19(20(24)14-21(18)28)17-5-3-16(15-25)4-6-17/h2-6,13-14,28H,1,7-12H2. The molecule has 2 aromatic rings. The molecule has 1 heterocycles. The lowest BCUT2D eigenvalue weighted by molar-refractivity contribution is -0.137. The number of nitriles is 1. The van der Waals surface area contributed by atoms with Crippen LogP contribution in [0.3, 0.4) is 0 Å². The van der Waals surface area contributed by atoms with Crippen LogP contribution in [0.4, 0.5) is 0 Å². The van der Waals surface area contributed by atoms with E-state index in [0.717, 1.165) is 11.1 Å². The fraction of sp³-hybridized carbons (Fsp3) is 0.261. The fourth-order valence-electron chi connectivity index (χ4n) is 3.46. The van der Waals surface area contributed by atoms with Gasteiger partial charge in [0, 0.05) is 38.2 Å². The van der Waals surface area contributed by atoms with E-state index in [2.05, 4.69) is 12.6 Å². The Bertz CT molecular complexity index is 1000. The molecule has 1 fully saturated rings. The van der Waals surface area contributed by atoms with Crippen LogP contribution in [0.2, 0.25) is 5.02 Å². The number of amides is 2. The summed E-state index contributed by atoms with van der Waals surface area (Å²) in [6.45, 7) is 5.44. The normalized spacial score (nSPS) is 13.6. The predicted octanol–water partition coefficient (Wildman–Crippen LogP) is 3.37. The molecule has 0 aliphatic carbocycles. The van der Waals surface area contributed by atoms with Crippen LogP contribution in [-0.2, 0) is 16.0 Å². The maximum atomic E-state index is 12.6. The van der Waals surface area contributed by atoms with Gasteiger partial charge in [0.05, 0.1) is 16.7 Å². The summed E-state index contributed by atoms with van der Waals surface area (Å²) >= 11 is 6.31. The molecule has 1 N–H and O–H groups in total. The lowest BCUT2D eigenvalue weighted by Crippen LogP contribution is -2.50. The third kappa shape index (κ3) is 4.81. The summed E-state index contributed by atoms with van der Waals surface area (Å²) in [4.78, 5) is 27.6. The number of phenols is 1. The van der Waals surface area contributed by atoms with E-state index in [4.69, 9.17) is 16.9 Å². The van der Waals surface area contributed by atoms with Crippen molar-refractivity contribution in [2.45, 2.75) is 12.8 Å². The van der Waals surface area contributed by atoms with Crippen molar-refractivity contribution in [2.75, 3.05) is 26.2 Å². The molecule has 2 amide bonds. The Hall–Kier alpha value is -3.30. The van der Waals surface area contributed by atoms with Gasteiger partial charge >= 0.3 is 0 Å². The van der Waals surface area contributed by atoms with Gasteiger partial charge in [-0.15, -0.1) is 0 Å². The average molecular weight is 424 g/mol. The van der Waals surface area contributed by atoms with Gasteiger partial charge in [0.25, 0.3) is 0 Å². The third-order valence-corrected chi connectivity index (χ3v) is 5.53. The van der Waals surface area contributed by atoms with Crippen LogP contribution in [-0.4, -0.2) is 52.9 Å². The van der Waals surface area contributed by atoms with Gasteiger partial charge in [0.1, 0.15) is 5.75 Å². The number of aryl methyl sites for hydroxylation is 1. The van der Waals surface area contributed by atoms with E-state index < -0.39 is 0 Å². The van der Waals surface area contributed by atoms with E-state index in [1.807, 2.05) is 0 Å². The van der Waals surface area contributed by atoms with Crippen molar-refractivity contribution in [1.82, 2.24) is 9.80 Å². The highest BCUT2D eigenvalue weighted by atomic mass is 35.5. The highest BCUT2D eigenvalue weighted by Gasteiger charge is 2.23. The van der Waals surface area contributed by atoms with Crippen molar-refractivity contribution < 1.29 is 14.7 Å². The number of hydrogen-bond donors (Lipinski definition) is 1. The van der Waals surface area contributed by atoms with Gasteiger partial charge < -0.3 is 14.9 Å². The summed E-state index contributed by atoms with van der Waals surface area (Å²) < 4.78 is 0. The van der Waals surface area contributed by atoms with E-state index in [1.54, 1.807) is 40.1 Å². The number of phenolic OH excluding ortho intramolecular Hbond substituents is 1. The molecule has 6 nitrogen and oxygen atoms in total. The van der Waals surface area contributed by atoms with Crippen LogP contribution >= 0.6 is 11.6 Å². The minimum Gasteiger partial charge on any atom is -0.508 e. The van der Waals surface area contributed by atoms with Crippen molar-refractivity contribution in [2.24, 2.45) is 0 Å². The van der Waals surface area contributed by atoms with E-state index in [-0.39, 0.29) is 24.0 Å². The summed E-state index contributed by atoms with van der Waals surface area (Å²) in [6.07, 6.45) is 1.90. The number of halogens is 1. The Morgan fingerprint density at radius 3 is 2.37 bits per heavy atom. The van der Waals surface area contributed by atoms with Gasteiger partial charge in [0.2, 0.25) is 11.8 Å². The molecule has 0 aromatic heterocycles. The first kappa shape index (κ1) is 21.4.